The lowest BCUT2D eigenvalue weighted by Crippen LogP contribution is -2.35. The van der Waals surface area contributed by atoms with E-state index in [4.69, 9.17) is 4.42 Å². The summed E-state index contributed by atoms with van der Waals surface area (Å²) < 4.78 is 56.1. The predicted octanol–water partition coefficient (Wildman–Crippen LogP) is 3.96. The van der Waals surface area contributed by atoms with Gasteiger partial charge in [0, 0.05) is 18.7 Å². The van der Waals surface area contributed by atoms with Gasteiger partial charge in [-0.2, -0.15) is 10.4 Å². The fraction of sp³-hybridized carbons (Fsp3) is 0.167. The van der Waals surface area contributed by atoms with Crippen molar-refractivity contribution < 1.29 is 31.9 Å². The van der Waals surface area contributed by atoms with Crippen molar-refractivity contribution in [2.45, 2.75) is 19.8 Å². The summed E-state index contributed by atoms with van der Waals surface area (Å²) in [5, 5.41) is 13.5. The molecule has 0 atom stereocenters. The van der Waals surface area contributed by atoms with Crippen LogP contribution in [0.15, 0.2) is 51.9 Å². The molecule has 0 radical (unpaired) electrons. The molecular formula is C24H15F3N4O5. The Balaban J connectivity index is 1.52. The van der Waals surface area contributed by atoms with Gasteiger partial charge in [-0.05, 0) is 42.8 Å². The number of rotatable bonds is 4. The Bertz CT molecular complexity index is 1650. The minimum atomic E-state index is -3.81. The van der Waals surface area contributed by atoms with Gasteiger partial charge in [-0.15, -0.1) is 8.78 Å². The SMILES string of the molecule is Cc1cc2c(cc1N(C)C(=O)Cn1nc(-c3cc(F)cc(C#N)c3)c3occc3c1=O)OC(F)(F)O2. The van der Waals surface area contributed by atoms with Gasteiger partial charge in [0.1, 0.15) is 18.1 Å². The Morgan fingerprint density at radius 2 is 1.92 bits per heavy atom. The van der Waals surface area contributed by atoms with Crippen LogP contribution in [0.3, 0.4) is 0 Å². The first-order valence-electron chi connectivity index (χ1n) is 10.4. The molecule has 9 nitrogen and oxygen atoms in total. The van der Waals surface area contributed by atoms with E-state index in [0.29, 0.717) is 5.56 Å². The minimum absolute atomic E-state index is 0.0314. The molecule has 5 rings (SSSR count). The number of furan rings is 1. The van der Waals surface area contributed by atoms with Crippen molar-refractivity contribution >= 4 is 22.6 Å². The third kappa shape index (κ3) is 3.90. The van der Waals surface area contributed by atoms with Crippen LogP contribution in [0.25, 0.3) is 22.2 Å². The maximum Gasteiger partial charge on any atom is 0.586 e. The lowest BCUT2D eigenvalue weighted by Gasteiger charge is -2.20. The topological polar surface area (TPSA) is 111 Å². The number of halogens is 3. The lowest BCUT2D eigenvalue weighted by molar-refractivity contribution is -0.286. The van der Waals surface area contributed by atoms with E-state index in [2.05, 4.69) is 14.6 Å². The predicted molar refractivity (Wildman–Crippen MR) is 119 cm³/mol. The monoisotopic (exact) mass is 496 g/mol. The zero-order chi connectivity index (χ0) is 25.8. The van der Waals surface area contributed by atoms with Gasteiger partial charge in [0.2, 0.25) is 5.91 Å². The van der Waals surface area contributed by atoms with Crippen LogP contribution in [-0.2, 0) is 11.3 Å². The highest BCUT2D eigenvalue weighted by Crippen LogP contribution is 2.44. The second kappa shape index (κ2) is 8.16. The van der Waals surface area contributed by atoms with Crippen LogP contribution in [0, 0.1) is 24.1 Å². The molecule has 0 spiro atoms. The Morgan fingerprint density at radius 3 is 2.64 bits per heavy atom. The average Bonchev–Trinajstić information content (AvgIpc) is 3.42. The van der Waals surface area contributed by atoms with E-state index in [1.165, 1.54) is 42.5 Å². The molecule has 0 N–H and O–H groups in total. The van der Waals surface area contributed by atoms with Crippen LogP contribution in [0.1, 0.15) is 11.1 Å². The van der Waals surface area contributed by atoms with E-state index in [-0.39, 0.29) is 45.0 Å². The summed E-state index contributed by atoms with van der Waals surface area (Å²) in [4.78, 5) is 27.2. The maximum absolute atomic E-state index is 14.1. The smallest absolute Gasteiger partial charge is 0.462 e. The summed E-state index contributed by atoms with van der Waals surface area (Å²) >= 11 is 0. The second-order valence-electron chi connectivity index (χ2n) is 8.02. The first kappa shape index (κ1) is 23.0. The molecule has 12 heteroatoms. The maximum atomic E-state index is 14.1. The van der Waals surface area contributed by atoms with Crippen LogP contribution < -0.4 is 19.9 Å². The summed E-state index contributed by atoms with van der Waals surface area (Å²) in [5.41, 5.74) is 0.393. The van der Waals surface area contributed by atoms with Gasteiger partial charge in [-0.1, -0.05) is 0 Å². The number of hydrogen-bond donors (Lipinski definition) is 0. The number of fused-ring (bicyclic) bond motifs is 2. The molecule has 182 valence electrons. The number of nitriles is 1. The number of carbonyl (C=O) groups is 1. The van der Waals surface area contributed by atoms with E-state index >= 15 is 0 Å². The Morgan fingerprint density at radius 1 is 1.19 bits per heavy atom. The molecule has 0 saturated carbocycles. The van der Waals surface area contributed by atoms with Crippen LogP contribution in [0.2, 0.25) is 0 Å². The van der Waals surface area contributed by atoms with E-state index < -0.39 is 30.1 Å². The Kier molecular flexibility index (Phi) is 5.21. The quantitative estimate of drug-likeness (QED) is 0.421. The number of benzene rings is 2. The summed E-state index contributed by atoms with van der Waals surface area (Å²) in [7, 11) is 1.40. The first-order chi connectivity index (χ1) is 17.1. The van der Waals surface area contributed by atoms with E-state index in [1.807, 2.05) is 6.07 Å². The molecule has 1 aliphatic heterocycles. The number of nitrogens with zero attached hydrogens (tertiary/aromatic N) is 4. The van der Waals surface area contributed by atoms with Crippen LogP contribution in [0.4, 0.5) is 18.9 Å². The van der Waals surface area contributed by atoms with E-state index in [0.717, 1.165) is 16.8 Å². The highest BCUT2D eigenvalue weighted by molar-refractivity contribution is 5.94. The zero-order valence-corrected chi connectivity index (χ0v) is 18.7. The molecule has 3 heterocycles. The molecule has 0 saturated heterocycles. The summed E-state index contributed by atoms with van der Waals surface area (Å²) in [6, 6.07) is 9.33. The number of ether oxygens (including phenoxy) is 2. The molecule has 1 aliphatic rings. The number of carbonyl (C=O) groups excluding carboxylic acids is 1. The van der Waals surface area contributed by atoms with Gasteiger partial charge < -0.3 is 18.8 Å². The number of anilines is 1. The normalized spacial score (nSPS) is 13.6. The molecule has 1 amide bonds. The molecule has 2 aromatic carbocycles. The molecule has 0 fully saturated rings. The molecule has 0 aliphatic carbocycles. The van der Waals surface area contributed by atoms with Gasteiger partial charge in [0.25, 0.3) is 5.56 Å². The Hall–Kier alpha value is -4.79. The fourth-order valence-corrected chi connectivity index (χ4v) is 3.92. The fourth-order valence-electron chi connectivity index (χ4n) is 3.92. The molecule has 2 aromatic heterocycles. The van der Waals surface area contributed by atoms with Crippen LogP contribution in [-0.4, -0.2) is 29.0 Å². The van der Waals surface area contributed by atoms with Crippen molar-refractivity contribution in [2.24, 2.45) is 0 Å². The second-order valence-corrected chi connectivity index (χ2v) is 8.02. The van der Waals surface area contributed by atoms with Crippen LogP contribution in [0.5, 0.6) is 11.5 Å². The summed E-state index contributed by atoms with van der Waals surface area (Å²) in [6.07, 6.45) is -2.56. The summed E-state index contributed by atoms with van der Waals surface area (Å²) in [6.45, 7) is 1.06. The first-order valence-corrected chi connectivity index (χ1v) is 10.4. The number of aryl methyl sites for hydroxylation is 1. The minimum Gasteiger partial charge on any atom is -0.462 e. The number of hydrogen-bond acceptors (Lipinski definition) is 7. The largest absolute Gasteiger partial charge is 0.586 e. The van der Waals surface area contributed by atoms with Gasteiger partial charge in [-0.3, -0.25) is 9.59 Å². The third-order valence-electron chi connectivity index (χ3n) is 5.61. The van der Waals surface area contributed by atoms with Gasteiger partial charge in [0.05, 0.1) is 29.0 Å². The van der Waals surface area contributed by atoms with Gasteiger partial charge in [0.15, 0.2) is 17.1 Å². The van der Waals surface area contributed by atoms with Crippen molar-refractivity contribution in [1.29, 1.82) is 5.26 Å². The van der Waals surface area contributed by atoms with E-state index in [1.54, 1.807) is 6.92 Å². The van der Waals surface area contributed by atoms with Crippen LogP contribution >= 0.6 is 0 Å². The number of amides is 1. The van der Waals surface area contributed by atoms with Crippen molar-refractivity contribution in [1.82, 2.24) is 9.78 Å². The van der Waals surface area contributed by atoms with Crippen molar-refractivity contribution in [3.8, 4) is 28.8 Å². The number of likely N-dealkylation sites (N-methyl/N-ethyl adjacent to an activating group) is 1. The zero-order valence-electron chi connectivity index (χ0n) is 18.7. The van der Waals surface area contributed by atoms with Gasteiger partial charge in [-0.25, -0.2) is 9.07 Å². The molecular weight excluding hydrogens is 481 g/mol. The highest BCUT2D eigenvalue weighted by atomic mass is 19.3. The van der Waals surface area contributed by atoms with Crippen molar-refractivity contribution in [3.63, 3.8) is 0 Å². The average molecular weight is 496 g/mol. The Labute approximate surface area is 200 Å². The van der Waals surface area contributed by atoms with Gasteiger partial charge >= 0.3 is 6.29 Å². The molecule has 0 bridgehead atoms. The number of alkyl halides is 2. The van der Waals surface area contributed by atoms with Crippen molar-refractivity contribution in [3.05, 3.63) is 70.0 Å². The number of aromatic nitrogens is 2. The molecule has 36 heavy (non-hydrogen) atoms. The van der Waals surface area contributed by atoms with Crippen molar-refractivity contribution in [2.75, 3.05) is 11.9 Å². The highest BCUT2D eigenvalue weighted by Gasteiger charge is 2.44. The summed E-state index contributed by atoms with van der Waals surface area (Å²) in [5.74, 6) is -1.70. The molecule has 4 aromatic rings. The standard InChI is InChI=1S/C24H15F3N4O5/c1-12-5-18-19(36-24(26,27)35-18)9-17(12)30(2)20(32)11-31-23(33)16-3-4-34-22(16)21(29-31)14-6-13(10-28)7-15(25)8-14/h3-9H,11H2,1-2H3. The third-order valence-corrected chi connectivity index (χ3v) is 5.61. The molecule has 0 unspecified atom stereocenters. The lowest BCUT2D eigenvalue weighted by atomic mass is 10.1. The van der Waals surface area contributed by atoms with E-state index in [9.17, 15) is 28.0 Å².